The highest BCUT2D eigenvalue weighted by atomic mass is 16.5. The normalized spacial score (nSPS) is 22.9. The van der Waals surface area contributed by atoms with Gasteiger partial charge in [0, 0.05) is 13.1 Å². The van der Waals surface area contributed by atoms with Gasteiger partial charge in [0.25, 0.3) is 0 Å². The van der Waals surface area contributed by atoms with Crippen molar-refractivity contribution in [2.75, 3.05) is 41.5 Å². The average molecular weight is 425 g/mol. The number of rotatable bonds is 5. The third kappa shape index (κ3) is 2.99. The molecule has 3 aliphatic heterocycles. The van der Waals surface area contributed by atoms with E-state index in [1.807, 2.05) is 0 Å². The summed E-state index contributed by atoms with van der Waals surface area (Å²) in [7, 11) is 6.85. The molecule has 1 fully saturated rings. The minimum atomic E-state index is 0.283. The SMILES string of the molecule is CCC1N2CCc3cc(OC)c(OC)cc3[C@H]2[C@@H]2c3cc(OC)c(OC)cc3CCN12. The van der Waals surface area contributed by atoms with E-state index in [1.165, 1.54) is 22.3 Å². The Balaban J connectivity index is 1.68. The van der Waals surface area contributed by atoms with E-state index in [4.69, 9.17) is 18.9 Å². The lowest BCUT2D eigenvalue weighted by molar-refractivity contribution is 0.104. The molecule has 0 aromatic heterocycles. The first-order chi connectivity index (χ1) is 15.1. The summed E-state index contributed by atoms with van der Waals surface area (Å²) in [6.45, 7) is 4.42. The molecule has 0 amide bonds. The maximum atomic E-state index is 5.68. The fraction of sp³-hybridized carbons (Fsp3) is 0.520. The molecule has 0 spiro atoms. The van der Waals surface area contributed by atoms with Crippen molar-refractivity contribution < 1.29 is 18.9 Å². The molecule has 5 rings (SSSR count). The van der Waals surface area contributed by atoms with E-state index in [2.05, 4.69) is 41.0 Å². The van der Waals surface area contributed by atoms with Gasteiger partial charge in [0.2, 0.25) is 0 Å². The number of ether oxygens (including phenoxy) is 4. The van der Waals surface area contributed by atoms with Crippen LogP contribution in [0.5, 0.6) is 23.0 Å². The highest BCUT2D eigenvalue weighted by Crippen LogP contribution is 2.55. The molecule has 0 aliphatic carbocycles. The molecule has 0 unspecified atom stereocenters. The second-order valence-corrected chi connectivity index (χ2v) is 8.57. The number of nitrogens with zero attached hydrogens (tertiary/aromatic N) is 2. The third-order valence-electron chi connectivity index (χ3n) is 7.35. The molecule has 1 saturated heterocycles. The van der Waals surface area contributed by atoms with Gasteiger partial charge in [-0.1, -0.05) is 6.92 Å². The molecule has 0 N–H and O–H groups in total. The van der Waals surface area contributed by atoms with Gasteiger partial charge in [-0.15, -0.1) is 0 Å². The van der Waals surface area contributed by atoms with Crippen LogP contribution < -0.4 is 18.9 Å². The van der Waals surface area contributed by atoms with Crippen LogP contribution >= 0.6 is 0 Å². The van der Waals surface area contributed by atoms with E-state index in [-0.39, 0.29) is 12.1 Å². The summed E-state index contributed by atoms with van der Waals surface area (Å²) in [4.78, 5) is 5.40. The largest absolute Gasteiger partial charge is 0.493 e. The molecule has 2 atom stereocenters. The van der Waals surface area contributed by atoms with Gasteiger partial charge in [-0.3, -0.25) is 9.80 Å². The molecule has 6 nitrogen and oxygen atoms in total. The zero-order valence-electron chi connectivity index (χ0n) is 19.1. The fourth-order valence-electron chi connectivity index (χ4n) is 6.02. The van der Waals surface area contributed by atoms with E-state index in [0.29, 0.717) is 6.17 Å². The molecule has 6 heteroatoms. The minimum absolute atomic E-state index is 0.283. The monoisotopic (exact) mass is 424 g/mol. The van der Waals surface area contributed by atoms with Crippen molar-refractivity contribution in [2.45, 2.75) is 44.4 Å². The van der Waals surface area contributed by atoms with Crippen LogP contribution in [0.2, 0.25) is 0 Å². The van der Waals surface area contributed by atoms with Crippen LogP contribution in [0, 0.1) is 0 Å². The van der Waals surface area contributed by atoms with Crippen LogP contribution in [0.15, 0.2) is 24.3 Å². The maximum absolute atomic E-state index is 5.68. The van der Waals surface area contributed by atoms with E-state index in [9.17, 15) is 0 Å². The summed E-state index contributed by atoms with van der Waals surface area (Å²) in [5.41, 5.74) is 5.45. The lowest BCUT2D eigenvalue weighted by Gasteiger charge is -2.37. The lowest BCUT2D eigenvalue weighted by Crippen LogP contribution is -2.42. The fourth-order valence-corrected chi connectivity index (χ4v) is 6.02. The Kier molecular flexibility index (Phi) is 5.22. The van der Waals surface area contributed by atoms with Crippen LogP contribution in [0.4, 0.5) is 0 Å². The summed E-state index contributed by atoms with van der Waals surface area (Å²) < 4.78 is 22.6. The molecule has 0 radical (unpaired) electrons. The number of benzene rings is 2. The van der Waals surface area contributed by atoms with Crippen LogP contribution in [-0.4, -0.2) is 57.5 Å². The van der Waals surface area contributed by atoms with Gasteiger partial charge in [0.15, 0.2) is 23.0 Å². The standard InChI is InChI=1S/C25H32N2O4/c1-6-23-26-9-7-15-11-19(28-2)21(30-4)13-17(15)24(26)25-18-14-22(31-5)20(29-3)12-16(18)8-10-27(23)25/h11-14,23-25H,6-10H2,1-5H3/t24-,25-/m0/s1. The second-order valence-electron chi connectivity index (χ2n) is 8.57. The van der Waals surface area contributed by atoms with Crippen LogP contribution in [0.25, 0.3) is 0 Å². The zero-order valence-corrected chi connectivity index (χ0v) is 19.1. The molecule has 0 saturated carbocycles. The summed E-state index contributed by atoms with van der Waals surface area (Å²) in [5, 5.41) is 0. The number of methoxy groups -OCH3 is 4. The zero-order chi connectivity index (χ0) is 21.7. The smallest absolute Gasteiger partial charge is 0.161 e. The van der Waals surface area contributed by atoms with Crippen molar-refractivity contribution in [1.82, 2.24) is 9.80 Å². The molecule has 166 valence electrons. The van der Waals surface area contributed by atoms with Crippen molar-refractivity contribution in [1.29, 1.82) is 0 Å². The summed E-state index contributed by atoms with van der Waals surface area (Å²) in [5.74, 6) is 3.23. The third-order valence-corrected chi connectivity index (χ3v) is 7.35. The van der Waals surface area contributed by atoms with Crippen LogP contribution in [0.3, 0.4) is 0 Å². The van der Waals surface area contributed by atoms with Crippen molar-refractivity contribution >= 4 is 0 Å². The molecular weight excluding hydrogens is 392 g/mol. The van der Waals surface area contributed by atoms with Crippen molar-refractivity contribution in [3.63, 3.8) is 0 Å². The van der Waals surface area contributed by atoms with E-state index >= 15 is 0 Å². The molecule has 2 aromatic rings. The molecule has 3 aliphatic rings. The summed E-state index contributed by atoms with van der Waals surface area (Å²) in [6.07, 6.45) is 3.61. The van der Waals surface area contributed by atoms with Crippen LogP contribution in [-0.2, 0) is 12.8 Å². The second kappa shape index (κ2) is 7.92. The minimum Gasteiger partial charge on any atom is -0.493 e. The van der Waals surface area contributed by atoms with Gasteiger partial charge >= 0.3 is 0 Å². The topological polar surface area (TPSA) is 43.4 Å². The Morgan fingerprint density at radius 1 is 0.677 bits per heavy atom. The first-order valence-electron chi connectivity index (χ1n) is 11.2. The van der Waals surface area contributed by atoms with Gasteiger partial charge in [0.1, 0.15) is 0 Å². The summed E-state index contributed by atoms with van der Waals surface area (Å²) in [6, 6.07) is 9.32. The highest BCUT2D eigenvalue weighted by molar-refractivity contribution is 5.54. The number of hydrogen-bond donors (Lipinski definition) is 0. The Morgan fingerprint density at radius 2 is 1.06 bits per heavy atom. The van der Waals surface area contributed by atoms with E-state index in [1.54, 1.807) is 28.4 Å². The van der Waals surface area contributed by atoms with E-state index in [0.717, 1.165) is 55.4 Å². The van der Waals surface area contributed by atoms with Crippen LogP contribution in [0.1, 0.15) is 47.7 Å². The highest BCUT2D eigenvalue weighted by Gasteiger charge is 2.51. The molecule has 2 aromatic carbocycles. The molecule has 3 heterocycles. The first kappa shape index (κ1) is 20.5. The van der Waals surface area contributed by atoms with Gasteiger partial charge < -0.3 is 18.9 Å². The predicted molar refractivity (Wildman–Crippen MR) is 119 cm³/mol. The van der Waals surface area contributed by atoms with E-state index < -0.39 is 0 Å². The summed E-state index contributed by atoms with van der Waals surface area (Å²) >= 11 is 0. The van der Waals surface area contributed by atoms with Crippen molar-refractivity contribution in [2.24, 2.45) is 0 Å². The Morgan fingerprint density at radius 3 is 1.42 bits per heavy atom. The molecule has 0 bridgehead atoms. The van der Waals surface area contributed by atoms with Crippen molar-refractivity contribution in [3.8, 4) is 23.0 Å². The van der Waals surface area contributed by atoms with Gasteiger partial charge in [0.05, 0.1) is 46.7 Å². The van der Waals surface area contributed by atoms with Gasteiger partial charge in [-0.05, 0) is 65.8 Å². The molecule has 31 heavy (non-hydrogen) atoms. The van der Waals surface area contributed by atoms with Gasteiger partial charge in [-0.2, -0.15) is 0 Å². The number of fused-ring (bicyclic) bond motifs is 7. The number of hydrogen-bond acceptors (Lipinski definition) is 6. The van der Waals surface area contributed by atoms with Gasteiger partial charge in [-0.25, -0.2) is 0 Å². The quantitative estimate of drug-likeness (QED) is 0.724. The predicted octanol–water partition coefficient (Wildman–Crippen LogP) is 3.97. The first-order valence-corrected chi connectivity index (χ1v) is 11.2. The van der Waals surface area contributed by atoms with Crippen molar-refractivity contribution in [3.05, 3.63) is 46.5 Å². The maximum Gasteiger partial charge on any atom is 0.161 e. The lowest BCUT2D eigenvalue weighted by atomic mass is 9.82. The Bertz CT molecular complexity index is 914. The molecular formula is C25H32N2O4. The Labute approximate surface area is 184 Å². The Hall–Kier alpha value is -2.44. The average Bonchev–Trinajstić information content (AvgIpc) is 3.16.